The zero-order valence-corrected chi connectivity index (χ0v) is 13.6. The van der Waals surface area contributed by atoms with Gasteiger partial charge in [0.15, 0.2) is 0 Å². The van der Waals surface area contributed by atoms with Crippen LogP contribution in [0.3, 0.4) is 0 Å². The van der Waals surface area contributed by atoms with Gasteiger partial charge in [-0.15, -0.1) is 0 Å². The summed E-state index contributed by atoms with van der Waals surface area (Å²) < 4.78 is 0. The van der Waals surface area contributed by atoms with Crippen LogP contribution in [0.5, 0.6) is 0 Å². The molecule has 3 saturated carbocycles. The number of nitrogens with one attached hydrogen (secondary N) is 1. The summed E-state index contributed by atoms with van der Waals surface area (Å²) in [4.78, 5) is 3.62. The van der Waals surface area contributed by atoms with E-state index in [2.05, 4.69) is 54.4 Å². The van der Waals surface area contributed by atoms with Gasteiger partial charge in [0.2, 0.25) is 0 Å². The molecule has 0 bridgehead atoms. The maximum Gasteiger partial charge on any atom is 0.0467 e. The third kappa shape index (κ3) is 1.53. The summed E-state index contributed by atoms with van der Waals surface area (Å²) in [7, 11) is 0. The zero-order valence-electron chi connectivity index (χ0n) is 13.6. The van der Waals surface area contributed by atoms with Crippen molar-refractivity contribution in [3.63, 3.8) is 0 Å². The maximum atomic E-state index is 3.62. The lowest BCUT2D eigenvalue weighted by Gasteiger charge is -2.62. The van der Waals surface area contributed by atoms with Crippen LogP contribution < -0.4 is 0 Å². The molecule has 3 fully saturated rings. The largest absolute Gasteiger partial charge is 0.355 e. The third-order valence-corrected chi connectivity index (χ3v) is 7.39. The Morgan fingerprint density at radius 2 is 1.61 bits per heavy atom. The van der Waals surface area contributed by atoms with Crippen molar-refractivity contribution in [2.75, 3.05) is 0 Å². The van der Waals surface area contributed by atoms with Gasteiger partial charge in [-0.3, -0.25) is 0 Å². The molecule has 1 N–H and O–H groups in total. The summed E-state index contributed by atoms with van der Waals surface area (Å²) in [5.74, 6) is 6.02. The fourth-order valence-corrected chi connectivity index (χ4v) is 6.41. The van der Waals surface area contributed by atoms with Gasteiger partial charge in [-0.2, -0.15) is 0 Å². The number of rotatable bonds is 1. The fourth-order valence-electron chi connectivity index (χ4n) is 6.41. The predicted octanol–water partition coefficient (Wildman–Crippen LogP) is 5.72. The van der Waals surface area contributed by atoms with Crippen LogP contribution in [0.1, 0.15) is 37.7 Å². The number of fused-ring (bicyclic) bond motifs is 7. The van der Waals surface area contributed by atoms with E-state index in [0.717, 1.165) is 35.5 Å². The van der Waals surface area contributed by atoms with Crippen LogP contribution >= 0.6 is 0 Å². The summed E-state index contributed by atoms with van der Waals surface area (Å²) in [6, 6.07) is 15.9. The van der Waals surface area contributed by atoms with E-state index in [9.17, 15) is 0 Å². The standard InChI is InChI=1S/C22H23N/c1-12-8-17-18(9-12)22-16(11-19(17)22)13-6-7-15-14-4-2-3-5-20(14)23-21(15)10-13/h2-7,10,12,16-19,22-23H,8-9,11H2,1H3. The molecule has 1 heterocycles. The van der Waals surface area contributed by atoms with E-state index in [4.69, 9.17) is 0 Å². The Balaban J connectivity index is 1.38. The van der Waals surface area contributed by atoms with E-state index in [1.54, 1.807) is 5.56 Å². The molecule has 0 saturated heterocycles. The van der Waals surface area contributed by atoms with Crippen molar-refractivity contribution < 1.29 is 0 Å². The lowest BCUT2D eigenvalue weighted by atomic mass is 9.42. The fraction of sp³-hybridized carbons (Fsp3) is 0.455. The second kappa shape index (κ2) is 4.20. The molecule has 23 heavy (non-hydrogen) atoms. The van der Waals surface area contributed by atoms with E-state index in [0.29, 0.717) is 0 Å². The first-order chi connectivity index (χ1) is 11.3. The van der Waals surface area contributed by atoms with E-state index in [1.165, 1.54) is 41.1 Å². The molecule has 0 aliphatic heterocycles. The summed E-state index contributed by atoms with van der Waals surface area (Å²) in [5, 5.41) is 2.73. The quantitative estimate of drug-likeness (QED) is 0.592. The van der Waals surface area contributed by atoms with Crippen LogP contribution in [-0.4, -0.2) is 4.98 Å². The van der Waals surface area contributed by atoms with Gasteiger partial charge >= 0.3 is 0 Å². The van der Waals surface area contributed by atoms with E-state index < -0.39 is 0 Å². The first-order valence-corrected chi connectivity index (χ1v) is 9.30. The normalized spacial score (nSPS) is 38.1. The van der Waals surface area contributed by atoms with Crippen LogP contribution in [0.2, 0.25) is 0 Å². The van der Waals surface area contributed by atoms with Crippen molar-refractivity contribution in [3.8, 4) is 0 Å². The highest BCUT2D eigenvalue weighted by molar-refractivity contribution is 6.07. The van der Waals surface area contributed by atoms with E-state index in [-0.39, 0.29) is 0 Å². The molecule has 116 valence electrons. The van der Waals surface area contributed by atoms with Gasteiger partial charge in [-0.05, 0) is 72.5 Å². The van der Waals surface area contributed by atoms with Crippen molar-refractivity contribution in [2.24, 2.45) is 29.6 Å². The third-order valence-electron chi connectivity index (χ3n) is 7.39. The van der Waals surface area contributed by atoms with Gasteiger partial charge in [0.05, 0.1) is 0 Å². The molecule has 2 aromatic carbocycles. The Hall–Kier alpha value is -1.76. The van der Waals surface area contributed by atoms with Crippen molar-refractivity contribution in [1.29, 1.82) is 0 Å². The predicted molar refractivity (Wildman–Crippen MR) is 95.5 cm³/mol. The first kappa shape index (κ1) is 12.6. The average Bonchev–Trinajstić information content (AvgIpc) is 3.05. The number of para-hydroxylation sites is 1. The average molecular weight is 301 g/mol. The van der Waals surface area contributed by atoms with Gasteiger partial charge < -0.3 is 4.98 Å². The Bertz CT molecular complexity index is 920. The van der Waals surface area contributed by atoms with Gasteiger partial charge in [0, 0.05) is 21.8 Å². The Morgan fingerprint density at radius 3 is 2.57 bits per heavy atom. The monoisotopic (exact) mass is 301 g/mol. The summed E-state index contributed by atoms with van der Waals surface area (Å²) >= 11 is 0. The molecule has 1 aromatic heterocycles. The minimum absolute atomic E-state index is 0.836. The van der Waals surface area contributed by atoms with Gasteiger partial charge in [-0.1, -0.05) is 37.3 Å². The molecule has 6 atom stereocenters. The molecule has 1 heteroatoms. The molecule has 6 unspecified atom stereocenters. The number of hydrogen-bond acceptors (Lipinski definition) is 0. The molecule has 0 radical (unpaired) electrons. The summed E-state index contributed by atoms with van der Waals surface area (Å²) in [6.07, 6.45) is 4.46. The van der Waals surface area contributed by atoms with Crippen molar-refractivity contribution in [1.82, 2.24) is 4.98 Å². The molecular weight excluding hydrogens is 278 g/mol. The number of aromatic nitrogens is 1. The molecule has 3 aliphatic carbocycles. The lowest BCUT2D eigenvalue weighted by molar-refractivity contribution is -0.104. The van der Waals surface area contributed by atoms with E-state index >= 15 is 0 Å². The molecule has 3 aliphatic rings. The van der Waals surface area contributed by atoms with Gasteiger partial charge in [0.1, 0.15) is 0 Å². The smallest absolute Gasteiger partial charge is 0.0467 e. The van der Waals surface area contributed by atoms with Crippen LogP contribution in [0, 0.1) is 29.6 Å². The number of hydrogen-bond donors (Lipinski definition) is 1. The van der Waals surface area contributed by atoms with Crippen LogP contribution in [0.25, 0.3) is 21.8 Å². The highest BCUT2D eigenvalue weighted by Gasteiger charge is 2.62. The number of aromatic amines is 1. The first-order valence-electron chi connectivity index (χ1n) is 9.30. The molecule has 3 aromatic rings. The Labute approximate surface area is 137 Å². The summed E-state index contributed by atoms with van der Waals surface area (Å²) in [6.45, 7) is 2.46. The minimum atomic E-state index is 0.836. The van der Waals surface area contributed by atoms with E-state index in [1.807, 2.05) is 0 Å². The van der Waals surface area contributed by atoms with Crippen molar-refractivity contribution >= 4 is 21.8 Å². The van der Waals surface area contributed by atoms with Crippen LogP contribution in [0.4, 0.5) is 0 Å². The molecular formula is C22H23N. The highest BCUT2D eigenvalue weighted by Crippen LogP contribution is 2.70. The lowest BCUT2D eigenvalue weighted by Crippen LogP contribution is -2.55. The van der Waals surface area contributed by atoms with Crippen LogP contribution in [-0.2, 0) is 0 Å². The topological polar surface area (TPSA) is 15.8 Å². The zero-order chi connectivity index (χ0) is 15.1. The molecule has 0 amide bonds. The number of benzene rings is 2. The van der Waals surface area contributed by atoms with Crippen molar-refractivity contribution in [3.05, 3.63) is 48.0 Å². The molecule has 0 spiro atoms. The minimum Gasteiger partial charge on any atom is -0.355 e. The maximum absolute atomic E-state index is 3.62. The Morgan fingerprint density at radius 1 is 0.826 bits per heavy atom. The van der Waals surface area contributed by atoms with Gasteiger partial charge in [0.25, 0.3) is 0 Å². The molecule has 6 rings (SSSR count). The SMILES string of the molecule is CC1CC2C(C1)C1C(c3ccc4c(c3)[nH]c3ccccc34)CC21. The van der Waals surface area contributed by atoms with Gasteiger partial charge in [-0.25, -0.2) is 0 Å². The van der Waals surface area contributed by atoms with Crippen LogP contribution in [0.15, 0.2) is 42.5 Å². The van der Waals surface area contributed by atoms with Crippen molar-refractivity contribution in [2.45, 2.75) is 32.1 Å². The summed E-state index contributed by atoms with van der Waals surface area (Å²) in [5.41, 5.74) is 4.17. The Kier molecular flexibility index (Phi) is 2.31. The number of H-pyrrole nitrogens is 1. The second-order valence-electron chi connectivity index (χ2n) is 8.46. The highest BCUT2D eigenvalue weighted by atomic mass is 14.7. The molecule has 1 nitrogen and oxygen atoms in total. The second-order valence-corrected chi connectivity index (χ2v) is 8.46.